The van der Waals surface area contributed by atoms with E-state index < -0.39 is 10.8 Å². The van der Waals surface area contributed by atoms with Crippen molar-refractivity contribution in [3.63, 3.8) is 0 Å². The first-order chi connectivity index (χ1) is 10.0. The molecule has 0 bridgehead atoms. The number of rotatable bonds is 5. The van der Waals surface area contributed by atoms with Crippen LogP contribution in [0.25, 0.3) is 0 Å². The van der Waals surface area contributed by atoms with Gasteiger partial charge in [0.15, 0.2) is 0 Å². The van der Waals surface area contributed by atoms with Gasteiger partial charge in [0.25, 0.3) is 5.69 Å². The summed E-state index contributed by atoms with van der Waals surface area (Å²) in [6, 6.07) is 4.01. The van der Waals surface area contributed by atoms with E-state index in [0.29, 0.717) is 12.1 Å². The summed E-state index contributed by atoms with van der Waals surface area (Å²) < 4.78 is 0. The Hall–Kier alpha value is -2.28. The van der Waals surface area contributed by atoms with Gasteiger partial charge in [-0.25, -0.2) is 0 Å². The van der Waals surface area contributed by atoms with E-state index in [1.807, 2.05) is 4.90 Å². The van der Waals surface area contributed by atoms with E-state index in [4.69, 9.17) is 5.73 Å². The topological polar surface area (TPSA) is 107 Å². The van der Waals surface area contributed by atoms with Crippen LogP contribution in [0.1, 0.15) is 35.2 Å². The van der Waals surface area contributed by atoms with Crippen molar-refractivity contribution in [1.29, 1.82) is 0 Å². The number of carbonyl (C=O) groups is 2. The molecule has 0 aliphatic carbocycles. The first-order valence-corrected chi connectivity index (χ1v) is 6.79. The number of benzene rings is 1. The number of primary amides is 1. The van der Waals surface area contributed by atoms with Gasteiger partial charge in [0.05, 0.1) is 11.0 Å². The Bertz CT molecular complexity index is 573. The van der Waals surface area contributed by atoms with Gasteiger partial charge in [-0.2, -0.15) is 0 Å². The third-order valence-corrected chi connectivity index (χ3v) is 3.76. The summed E-state index contributed by atoms with van der Waals surface area (Å²) in [6.07, 6.45) is 3.62. The normalized spacial score (nSPS) is 19.1. The lowest BCUT2D eigenvalue weighted by molar-refractivity contribution is -0.385. The van der Waals surface area contributed by atoms with Gasteiger partial charge in [-0.1, -0.05) is 12.5 Å². The second-order valence-electron chi connectivity index (χ2n) is 5.13. The molecule has 0 aromatic heterocycles. The molecule has 1 aliphatic heterocycles. The number of nitrogens with zero attached hydrogens (tertiary/aromatic N) is 2. The average Bonchev–Trinajstić information content (AvgIpc) is 2.47. The predicted molar refractivity (Wildman–Crippen MR) is 75.7 cm³/mol. The fraction of sp³-hybridized carbons (Fsp3) is 0.429. The largest absolute Gasteiger partial charge is 0.366 e. The summed E-state index contributed by atoms with van der Waals surface area (Å²) in [5.41, 5.74) is 5.60. The third-order valence-electron chi connectivity index (χ3n) is 3.76. The van der Waals surface area contributed by atoms with Gasteiger partial charge >= 0.3 is 0 Å². The molecule has 0 saturated carbocycles. The zero-order chi connectivity index (χ0) is 15.4. The molecule has 1 fully saturated rings. The lowest BCUT2D eigenvalue weighted by Crippen LogP contribution is -2.40. The molecular formula is C14H17N3O4. The second kappa shape index (κ2) is 6.45. The minimum atomic E-state index is -0.701. The van der Waals surface area contributed by atoms with Crippen molar-refractivity contribution in [2.24, 2.45) is 5.73 Å². The van der Waals surface area contributed by atoms with Crippen LogP contribution < -0.4 is 5.73 Å². The monoisotopic (exact) mass is 291 g/mol. The van der Waals surface area contributed by atoms with Crippen molar-refractivity contribution < 1.29 is 14.5 Å². The highest BCUT2D eigenvalue weighted by Crippen LogP contribution is 2.25. The summed E-state index contributed by atoms with van der Waals surface area (Å²) in [5.74, 6) is -0.701. The maximum atomic E-state index is 11.2. The molecule has 112 valence electrons. The van der Waals surface area contributed by atoms with E-state index in [-0.39, 0.29) is 17.3 Å². The fourth-order valence-corrected chi connectivity index (χ4v) is 2.61. The van der Waals surface area contributed by atoms with Crippen LogP contribution in [0.2, 0.25) is 0 Å². The Balaban J connectivity index is 2.28. The Morgan fingerprint density at radius 1 is 1.48 bits per heavy atom. The van der Waals surface area contributed by atoms with E-state index in [2.05, 4.69) is 0 Å². The zero-order valence-corrected chi connectivity index (χ0v) is 11.5. The molecule has 7 heteroatoms. The SMILES string of the molecule is NC(=O)c1ccc(CN2CCCCC2C=O)c([N+](=O)[O-])c1. The Labute approximate surface area is 121 Å². The van der Waals surface area contributed by atoms with Crippen molar-refractivity contribution in [2.45, 2.75) is 31.8 Å². The van der Waals surface area contributed by atoms with E-state index in [1.165, 1.54) is 18.2 Å². The highest BCUT2D eigenvalue weighted by atomic mass is 16.6. The summed E-state index contributed by atoms with van der Waals surface area (Å²) >= 11 is 0. The van der Waals surface area contributed by atoms with Crippen molar-refractivity contribution in [3.05, 3.63) is 39.4 Å². The molecule has 2 N–H and O–H groups in total. The molecule has 21 heavy (non-hydrogen) atoms. The lowest BCUT2D eigenvalue weighted by atomic mass is 10.0. The fourth-order valence-electron chi connectivity index (χ4n) is 2.61. The average molecular weight is 291 g/mol. The number of piperidine rings is 1. The van der Waals surface area contributed by atoms with Crippen LogP contribution in [0.15, 0.2) is 18.2 Å². The van der Waals surface area contributed by atoms with Crippen LogP contribution >= 0.6 is 0 Å². The number of amides is 1. The van der Waals surface area contributed by atoms with Crippen molar-refractivity contribution >= 4 is 17.9 Å². The smallest absolute Gasteiger partial charge is 0.274 e. The van der Waals surface area contributed by atoms with Crippen LogP contribution in [0.4, 0.5) is 5.69 Å². The molecule has 1 unspecified atom stereocenters. The van der Waals surface area contributed by atoms with Crippen molar-refractivity contribution in [3.8, 4) is 0 Å². The highest BCUT2D eigenvalue weighted by molar-refractivity contribution is 5.93. The first kappa shape index (κ1) is 15.1. The van der Waals surface area contributed by atoms with E-state index in [0.717, 1.165) is 32.1 Å². The first-order valence-electron chi connectivity index (χ1n) is 6.79. The standard InChI is InChI=1S/C14H17N3O4/c15-14(19)10-4-5-11(13(7-10)17(20)21)8-16-6-2-1-3-12(16)9-18/h4-5,7,9,12H,1-3,6,8H2,(H2,15,19). The lowest BCUT2D eigenvalue weighted by Gasteiger charge is -2.32. The number of carbonyl (C=O) groups excluding carboxylic acids is 2. The highest BCUT2D eigenvalue weighted by Gasteiger charge is 2.25. The molecule has 1 aromatic carbocycles. The molecule has 1 atom stereocenters. The van der Waals surface area contributed by atoms with E-state index >= 15 is 0 Å². The molecule has 1 saturated heterocycles. The minimum Gasteiger partial charge on any atom is -0.366 e. The number of hydrogen-bond donors (Lipinski definition) is 1. The number of aldehydes is 1. The van der Waals surface area contributed by atoms with Crippen LogP contribution in [0, 0.1) is 10.1 Å². The summed E-state index contributed by atoms with van der Waals surface area (Å²) in [7, 11) is 0. The van der Waals surface area contributed by atoms with Gasteiger partial charge < -0.3 is 10.5 Å². The second-order valence-corrected chi connectivity index (χ2v) is 5.13. The number of nitro benzene ring substituents is 1. The molecule has 0 spiro atoms. The van der Waals surface area contributed by atoms with Crippen LogP contribution in [0.3, 0.4) is 0 Å². The van der Waals surface area contributed by atoms with Crippen molar-refractivity contribution in [2.75, 3.05) is 6.54 Å². The maximum absolute atomic E-state index is 11.2. The zero-order valence-electron chi connectivity index (χ0n) is 11.5. The number of nitro groups is 1. The molecule has 0 radical (unpaired) electrons. The van der Waals surface area contributed by atoms with Gasteiger partial charge in [0, 0.05) is 23.7 Å². The Kier molecular flexibility index (Phi) is 4.64. The summed E-state index contributed by atoms with van der Waals surface area (Å²) in [4.78, 5) is 34.8. The predicted octanol–water partition coefficient (Wildman–Crippen LogP) is 1.25. The third kappa shape index (κ3) is 3.43. The van der Waals surface area contributed by atoms with Gasteiger partial charge in [0.2, 0.25) is 5.91 Å². The molecular weight excluding hydrogens is 274 g/mol. The molecule has 1 aromatic rings. The van der Waals surface area contributed by atoms with E-state index in [9.17, 15) is 19.7 Å². The molecule has 1 aliphatic rings. The summed E-state index contributed by atoms with van der Waals surface area (Å²) in [6.45, 7) is 1.05. The van der Waals surface area contributed by atoms with Gasteiger partial charge in [-0.15, -0.1) is 0 Å². The number of likely N-dealkylation sites (tertiary alicyclic amines) is 1. The maximum Gasteiger partial charge on any atom is 0.274 e. The molecule has 1 heterocycles. The molecule has 7 nitrogen and oxygen atoms in total. The Morgan fingerprint density at radius 2 is 2.24 bits per heavy atom. The number of nitrogens with two attached hydrogens (primary N) is 1. The van der Waals surface area contributed by atoms with Gasteiger partial charge in [-0.05, 0) is 25.5 Å². The Morgan fingerprint density at radius 3 is 2.86 bits per heavy atom. The van der Waals surface area contributed by atoms with Crippen LogP contribution in [0.5, 0.6) is 0 Å². The number of hydrogen-bond acceptors (Lipinski definition) is 5. The molecule has 2 rings (SSSR count). The van der Waals surface area contributed by atoms with Crippen LogP contribution in [-0.4, -0.2) is 34.6 Å². The molecule has 1 amide bonds. The summed E-state index contributed by atoms with van der Waals surface area (Å²) in [5, 5.41) is 11.2. The van der Waals surface area contributed by atoms with E-state index in [1.54, 1.807) is 0 Å². The van der Waals surface area contributed by atoms with Crippen LogP contribution in [-0.2, 0) is 11.3 Å². The van der Waals surface area contributed by atoms with Gasteiger partial charge in [0.1, 0.15) is 6.29 Å². The van der Waals surface area contributed by atoms with Gasteiger partial charge in [-0.3, -0.25) is 19.8 Å². The minimum absolute atomic E-state index is 0.107. The van der Waals surface area contributed by atoms with Crippen molar-refractivity contribution in [1.82, 2.24) is 4.90 Å². The quantitative estimate of drug-likeness (QED) is 0.499.